The summed E-state index contributed by atoms with van der Waals surface area (Å²) in [5.74, 6) is -1.74. The Morgan fingerprint density at radius 1 is 1.00 bits per heavy atom. The van der Waals surface area contributed by atoms with Crippen LogP contribution in [0.25, 0.3) is 5.69 Å². The fourth-order valence-electron chi connectivity index (χ4n) is 4.36. The van der Waals surface area contributed by atoms with Crippen LogP contribution in [-0.2, 0) is 32.0 Å². The number of aromatic nitrogens is 3. The second kappa shape index (κ2) is 16.0. The van der Waals surface area contributed by atoms with Crippen molar-refractivity contribution in [2.45, 2.75) is 51.1 Å². The van der Waals surface area contributed by atoms with E-state index in [0.29, 0.717) is 17.1 Å². The maximum atomic E-state index is 13.4. The number of carbonyl (C=O) groups excluding carboxylic acids is 4. The first kappa shape index (κ1) is 34.8. The van der Waals surface area contributed by atoms with Gasteiger partial charge in [-0.05, 0) is 51.0 Å². The van der Waals surface area contributed by atoms with Gasteiger partial charge in [-0.2, -0.15) is 0 Å². The smallest absolute Gasteiger partial charge is 0.348 e. The van der Waals surface area contributed by atoms with Crippen LogP contribution in [-0.4, -0.2) is 61.9 Å². The third-order valence-electron chi connectivity index (χ3n) is 6.65. The Hall–Kier alpha value is -5.09. The number of ether oxygens (including phenoxy) is 2. The van der Waals surface area contributed by atoms with Crippen molar-refractivity contribution in [3.8, 4) is 5.69 Å². The van der Waals surface area contributed by atoms with Gasteiger partial charge in [0.2, 0.25) is 11.8 Å². The molecule has 0 aliphatic rings. The predicted octanol–water partition coefficient (Wildman–Crippen LogP) is 4.88. The van der Waals surface area contributed by atoms with Gasteiger partial charge in [0.15, 0.2) is 11.0 Å². The van der Waals surface area contributed by atoms with Crippen LogP contribution < -0.4 is 10.6 Å². The number of nitrogens with zero attached hydrogens (tertiary/aromatic N) is 4. The van der Waals surface area contributed by atoms with Crippen molar-refractivity contribution in [2.24, 2.45) is 0 Å². The maximum absolute atomic E-state index is 13.4. The van der Waals surface area contributed by atoms with Gasteiger partial charge in [0.1, 0.15) is 9.88 Å². The van der Waals surface area contributed by atoms with Crippen molar-refractivity contribution in [2.75, 3.05) is 18.5 Å². The monoisotopic (exact) mass is 680 g/mol. The summed E-state index contributed by atoms with van der Waals surface area (Å²) in [5.41, 5.74) is 1.58. The molecule has 47 heavy (non-hydrogen) atoms. The molecule has 0 aliphatic heterocycles. The molecule has 2 amide bonds. The minimum Gasteiger partial charge on any atom is -0.462 e. The first-order chi connectivity index (χ1) is 22.5. The number of benzene rings is 2. The fraction of sp³-hybridized carbons (Fsp3) is 0.290. The summed E-state index contributed by atoms with van der Waals surface area (Å²) >= 11 is 1.95. The second-order valence-electron chi connectivity index (χ2n) is 9.90. The van der Waals surface area contributed by atoms with Crippen LogP contribution in [0.15, 0.2) is 59.8 Å². The number of nitro groups is 1. The Balaban J connectivity index is 1.58. The van der Waals surface area contributed by atoms with Crippen LogP contribution >= 0.6 is 23.1 Å². The van der Waals surface area contributed by atoms with Gasteiger partial charge in [0.25, 0.3) is 5.69 Å². The van der Waals surface area contributed by atoms with Crippen LogP contribution in [0.5, 0.6) is 0 Å². The molecule has 0 fully saturated rings. The van der Waals surface area contributed by atoms with Gasteiger partial charge in [-0.15, -0.1) is 21.5 Å². The number of esters is 2. The lowest BCUT2D eigenvalue weighted by Gasteiger charge is -2.14. The van der Waals surface area contributed by atoms with E-state index in [0.717, 1.165) is 28.7 Å². The molecule has 16 heteroatoms. The highest BCUT2D eigenvalue weighted by atomic mass is 32.2. The molecule has 2 aromatic carbocycles. The lowest BCUT2D eigenvalue weighted by atomic mass is 10.1. The van der Waals surface area contributed by atoms with Crippen LogP contribution in [0.1, 0.15) is 57.8 Å². The summed E-state index contributed by atoms with van der Waals surface area (Å²) in [4.78, 5) is 62.3. The predicted molar refractivity (Wildman–Crippen MR) is 175 cm³/mol. The third-order valence-corrected chi connectivity index (χ3v) is 8.88. The minimum absolute atomic E-state index is 0.00913. The molecule has 4 aromatic rings. The highest BCUT2D eigenvalue weighted by molar-refractivity contribution is 8.00. The number of thioether (sulfide) groups is 1. The van der Waals surface area contributed by atoms with E-state index in [-0.39, 0.29) is 58.4 Å². The molecule has 246 valence electrons. The van der Waals surface area contributed by atoms with Gasteiger partial charge >= 0.3 is 11.9 Å². The number of anilines is 1. The molecule has 1 atom stereocenters. The zero-order valence-electron chi connectivity index (χ0n) is 26.0. The molecule has 0 aliphatic carbocycles. The summed E-state index contributed by atoms with van der Waals surface area (Å²) in [6.07, 6.45) is 0.152. The van der Waals surface area contributed by atoms with Crippen molar-refractivity contribution in [3.63, 3.8) is 0 Å². The van der Waals surface area contributed by atoms with E-state index in [9.17, 15) is 29.3 Å². The molecule has 0 saturated heterocycles. The van der Waals surface area contributed by atoms with Crippen molar-refractivity contribution >= 4 is 57.5 Å². The summed E-state index contributed by atoms with van der Waals surface area (Å²) in [5, 5.41) is 24.9. The molecule has 2 heterocycles. The number of nitrogens with one attached hydrogen (secondary N) is 2. The highest BCUT2D eigenvalue weighted by Gasteiger charge is 2.29. The lowest BCUT2D eigenvalue weighted by molar-refractivity contribution is -0.384. The third kappa shape index (κ3) is 8.59. The molecular formula is C31H32N6O8S2. The van der Waals surface area contributed by atoms with Gasteiger partial charge in [-0.1, -0.05) is 42.1 Å². The van der Waals surface area contributed by atoms with Crippen molar-refractivity contribution < 1.29 is 33.6 Å². The lowest BCUT2D eigenvalue weighted by Crippen LogP contribution is -2.26. The first-order valence-corrected chi connectivity index (χ1v) is 16.2. The number of hydrogen-bond acceptors (Lipinski definition) is 12. The van der Waals surface area contributed by atoms with Gasteiger partial charge in [0, 0.05) is 17.8 Å². The Bertz CT molecular complexity index is 1770. The Morgan fingerprint density at radius 2 is 1.66 bits per heavy atom. The van der Waals surface area contributed by atoms with Gasteiger partial charge < -0.3 is 20.1 Å². The largest absolute Gasteiger partial charge is 0.462 e. The molecule has 0 saturated carbocycles. The molecule has 14 nitrogen and oxygen atoms in total. The fourth-order valence-corrected chi connectivity index (χ4v) is 6.34. The van der Waals surface area contributed by atoms with E-state index in [1.807, 2.05) is 30.3 Å². The first-order valence-electron chi connectivity index (χ1n) is 14.5. The summed E-state index contributed by atoms with van der Waals surface area (Å²) in [6.45, 7) is 6.72. The number of hydrogen-bond donors (Lipinski definition) is 2. The van der Waals surface area contributed by atoms with Crippen LogP contribution in [0, 0.1) is 17.0 Å². The molecule has 2 aromatic heterocycles. The average molecular weight is 681 g/mol. The van der Waals surface area contributed by atoms with Crippen molar-refractivity contribution in [1.82, 2.24) is 20.1 Å². The van der Waals surface area contributed by atoms with Crippen LogP contribution in [0.4, 0.5) is 10.7 Å². The Labute approximate surface area is 278 Å². The van der Waals surface area contributed by atoms with Crippen LogP contribution in [0.3, 0.4) is 0 Å². The minimum atomic E-state index is -0.806. The molecule has 0 spiro atoms. The van der Waals surface area contributed by atoms with E-state index in [4.69, 9.17) is 9.47 Å². The van der Waals surface area contributed by atoms with E-state index in [1.54, 1.807) is 32.3 Å². The van der Waals surface area contributed by atoms with Crippen LogP contribution in [0.2, 0.25) is 0 Å². The van der Waals surface area contributed by atoms with E-state index < -0.39 is 28.0 Å². The topological polar surface area (TPSA) is 185 Å². The van der Waals surface area contributed by atoms with Gasteiger partial charge in [0.05, 0.1) is 41.9 Å². The molecule has 0 radical (unpaired) electrons. The van der Waals surface area contributed by atoms with Gasteiger partial charge in [-0.25, -0.2) is 9.59 Å². The Kier molecular flexibility index (Phi) is 11.8. The summed E-state index contributed by atoms with van der Waals surface area (Å²) in [6, 6.07) is 14.9. The average Bonchev–Trinajstić information content (AvgIpc) is 3.60. The number of nitro benzene ring substituents is 1. The highest BCUT2D eigenvalue weighted by Crippen LogP contribution is 2.35. The van der Waals surface area contributed by atoms with Gasteiger partial charge in [-0.3, -0.25) is 24.3 Å². The number of thiophene rings is 1. The molecule has 0 bridgehead atoms. The SMILES string of the molecule is CCOC(=O)c1sc(NC(=O)C(C)Sc2nnc(CNC(=O)Cc3ccccc3)n2-c2ccc([N+](=O)[O-])cc2)c(C(=O)OCC)c1C. The zero-order valence-corrected chi connectivity index (χ0v) is 27.6. The quantitative estimate of drug-likeness (QED) is 0.0801. The van der Waals surface area contributed by atoms with E-state index >= 15 is 0 Å². The number of amides is 2. The zero-order chi connectivity index (χ0) is 34.1. The number of non-ortho nitro benzene ring substituents is 1. The molecule has 4 rings (SSSR count). The number of rotatable bonds is 14. The second-order valence-corrected chi connectivity index (χ2v) is 12.2. The summed E-state index contributed by atoms with van der Waals surface area (Å²) in [7, 11) is 0. The molecular weight excluding hydrogens is 649 g/mol. The molecule has 1 unspecified atom stereocenters. The normalized spacial score (nSPS) is 11.4. The van der Waals surface area contributed by atoms with E-state index in [2.05, 4.69) is 20.8 Å². The maximum Gasteiger partial charge on any atom is 0.348 e. The van der Waals surface area contributed by atoms with Crippen molar-refractivity contribution in [3.05, 3.63) is 92.1 Å². The molecule has 2 N–H and O–H groups in total. The number of carbonyl (C=O) groups is 4. The standard InChI is InChI=1S/C31H32N6O8S2/c1-5-44-29(40)25-18(3)26(30(41)45-6-2)47-28(25)33-27(39)19(4)46-31-35-34-23(17-32-24(38)16-20-10-8-7-9-11-20)36(31)21-12-14-22(15-13-21)37(42)43/h7-15,19H,5-6,16-17H2,1-4H3,(H,32,38)(H,33,39). The Morgan fingerprint density at radius 3 is 2.30 bits per heavy atom. The van der Waals surface area contributed by atoms with Crippen molar-refractivity contribution in [1.29, 1.82) is 0 Å². The summed E-state index contributed by atoms with van der Waals surface area (Å²) < 4.78 is 11.9. The van der Waals surface area contributed by atoms with E-state index in [1.165, 1.54) is 24.3 Å².